The Morgan fingerprint density at radius 3 is 2.43 bits per heavy atom. The van der Waals surface area contributed by atoms with Gasteiger partial charge in [-0.3, -0.25) is 0 Å². The van der Waals surface area contributed by atoms with E-state index in [0.717, 1.165) is 0 Å². The lowest BCUT2D eigenvalue weighted by atomic mass is 10.1. The first-order chi connectivity index (χ1) is 6.56. The van der Waals surface area contributed by atoms with E-state index in [1.807, 2.05) is 6.92 Å². The summed E-state index contributed by atoms with van der Waals surface area (Å²) in [6.07, 6.45) is 0.298. The Balaban J connectivity index is 3.11. The molecule has 0 spiro atoms. The summed E-state index contributed by atoms with van der Waals surface area (Å²) in [6.45, 7) is 5.28. The van der Waals surface area contributed by atoms with Crippen LogP contribution in [0.15, 0.2) is 12.1 Å². The minimum Gasteiger partial charge on any atom is -0.485 e. The number of hydrogen-bond acceptors (Lipinski definition) is 1. The van der Waals surface area contributed by atoms with Crippen LogP contribution in [0, 0.1) is 11.6 Å². The maximum atomic E-state index is 13.5. The van der Waals surface area contributed by atoms with E-state index in [0.29, 0.717) is 12.0 Å². The van der Waals surface area contributed by atoms with Crippen LogP contribution in [0.25, 0.3) is 0 Å². The maximum absolute atomic E-state index is 13.5. The molecule has 78 valence electrons. The first kappa shape index (κ1) is 11.0. The Morgan fingerprint density at radius 1 is 1.29 bits per heavy atom. The lowest BCUT2D eigenvalue weighted by Crippen LogP contribution is -2.09. The van der Waals surface area contributed by atoms with Crippen LogP contribution < -0.4 is 4.74 Å². The summed E-state index contributed by atoms with van der Waals surface area (Å²) in [5, 5.41) is 0. The zero-order chi connectivity index (χ0) is 10.7. The highest BCUT2D eigenvalue weighted by molar-refractivity contribution is 5.32. The summed E-state index contributed by atoms with van der Waals surface area (Å²) in [6, 6.07) is 2.68. The molecule has 0 aliphatic carbocycles. The quantitative estimate of drug-likeness (QED) is 0.727. The Labute approximate surface area is 82.7 Å². The third-order valence-corrected chi connectivity index (χ3v) is 1.86. The Morgan fingerprint density at radius 2 is 1.93 bits per heavy atom. The highest BCUT2D eigenvalue weighted by Gasteiger charge is 2.14. The largest absolute Gasteiger partial charge is 0.485 e. The summed E-state index contributed by atoms with van der Waals surface area (Å²) in [5.74, 6) is -1.49. The second kappa shape index (κ2) is 4.40. The molecule has 0 saturated heterocycles. The molecule has 0 aliphatic heterocycles. The van der Waals surface area contributed by atoms with Crippen LogP contribution in [0.4, 0.5) is 8.78 Å². The van der Waals surface area contributed by atoms with E-state index in [9.17, 15) is 8.78 Å². The maximum Gasteiger partial charge on any atom is 0.191 e. The van der Waals surface area contributed by atoms with E-state index >= 15 is 0 Å². The molecule has 0 unspecified atom stereocenters. The summed E-state index contributed by atoms with van der Waals surface area (Å²) in [5.41, 5.74) is 0.474. The molecule has 0 saturated carbocycles. The van der Waals surface area contributed by atoms with Crippen LogP contribution in [0.5, 0.6) is 5.75 Å². The van der Waals surface area contributed by atoms with Gasteiger partial charge in [0.2, 0.25) is 0 Å². The van der Waals surface area contributed by atoms with Crippen molar-refractivity contribution in [3.8, 4) is 5.75 Å². The number of hydrogen-bond donors (Lipinski definition) is 0. The van der Waals surface area contributed by atoms with E-state index < -0.39 is 11.6 Å². The molecular formula is C11H14F2O. The van der Waals surface area contributed by atoms with Crippen molar-refractivity contribution in [3.63, 3.8) is 0 Å². The molecule has 0 fully saturated rings. The standard InChI is InChI=1S/C11H14F2O/c1-4-8-5-6-9(12)11(10(8)13)14-7(2)3/h5-7H,4H2,1-3H3. The van der Waals surface area contributed by atoms with Gasteiger partial charge in [0.1, 0.15) is 0 Å². The summed E-state index contributed by atoms with van der Waals surface area (Å²) in [7, 11) is 0. The van der Waals surface area contributed by atoms with E-state index in [1.165, 1.54) is 12.1 Å². The van der Waals surface area contributed by atoms with Crippen LogP contribution >= 0.6 is 0 Å². The molecule has 1 rings (SSSR count). The molecule has 0 N–H and O–H groups in total. The third kappa shape index (κ3) is 2.22. The van der Waals surface area contributed by atoms with E-state index in [-0.39, 0.29) is 11.9 Å². The van der Waals surface area contributed by atoms with Crippen molar-refractivity contribution in [2.45, 2.75) is 33.3 Å². The number of benzene rings is 1. The first-order valence-electron chi connectivity index (χ1n) is 4.69. The molecule has 14 heavy (non-hydrogen) atoms. The third-order valence-electron chi connectivity index (χ3n) is 1.86. The topological polar surface area (TPSA) is 9.23 Å². The number of ether oxygens (including phenoxy) is 1. The van der Waals surface area contributed by atoms with Crippen molar-refractivity contribution in [1.82, 2.24) is 0 Å². The van der Waals surface area contributed by atoms with Crippen LogP contribution in [0.2, 0.25) is 0 Å². The van der Waals surface area contributed by atoms with Gasteiger partial charge in [-0.05, 0) is 31.9 Å². The van der Waals surface area contributed by atoms with Gasteiger partial charge in [0, 0.05) is 0 Å². The minimum absolute atomic E-state index is 0.230. The van der Waals surface area contributed by atoms with Crippen molar-refractivity contribution >= 4 is 0 Å². The molecule has 0 aliphatic rings. The Hall–Kier alpha value is -1.12. The van der Waals surface area contributed by atoms with Crippen molar-refractivity contribution in [1.29, 1.82) is 0 Å². The van der Waals surface area contributed by atoms with E-state index in [1.54, 1.807) is 13.8 Å². The molecule has 0 radical (unpaired) electrons. The fraction of sp³-hybridized carbons (Fsp3) is 0.455. The van der Waals surface area contributed by atoms with Gasteiger partial charge in [0.05, 0.1) is 6.10 Å². The van der Waals surface area contributed by atoms with E-state index in [2.05, 4.69) is 0 Å². The normalized spacial score (nSPS) is 10.7. The SMILES string of the molecule is CCc1ccc(F)c(OC(C)C)c1F. The molecule has 0 bridgehead atoms. The average molecular weight is 200 g/mol. The second-order valence-electron chi connectivity index (χ2n) is 3.37. The molecule has 1 nitrogen and oxygen atoms in total. The molecular weight excluding hydrogens is 186 g/mol. The molecule has 0 amide bonds. The van der Waals surface area contributed by atoms with Gasteiger partial charge in [-0.2, -0.15) is 0 Å². The van der Waals surface area contributed by atoms with E-state index in [4.69, 9.17) is 4.74 Å². The van der Waals surface area contributed by atoms with Crippen molar-refractivity contribution in [3.05, 3.63) is 29.3 Å². The van der Waals surface area contributed by atoms with Crippen LogP contribution in [-0.2, 0) is 6.42 Å². The number of aryl methyl sites for hydroxylation is 1. The molecule has 0 heterocycles. The fourth-order valence-corrected chi connectivity index (χ4v) is 1.19. The second-order valence-corrected chi connectivity index (χ2v) is 3.37. The summed E-state index contributed by atoms with van der Waals surface area (Å²) in [4.78, 5) is 0. The Kier molecular flexibility index (Phi) is 3.44. The molecule has 0 aromatic heterocycles. The first-order valence-corrected chi connectivity index (χ1v) is 4.69. The average Bonchev–Trinajstić information content (AvgIpc) is 2.12. The van der Waals surface area contributed by atoms with Crippen molar-refractivity contribution in [2.75, 3.05) is 0 Å². The minimum atomic E-state index is -0.645. The highest BCUT2D eigenvalue weighted by Crippen LogP contribution is 2.25. The van der Waals surface area contributed by atoms with Gasteiger partial charge >= 0.3 is 0 Å². The van der Waals surface area contributed by atoms with Gasteiger partial charge in [-0.25, -0.2) is 8.78 Å². The zero-order valence-corrected chi connectivity index (χ0v) is 8.60. The number of halogens is 2. The summed E-state index contributed by atoms with van der Waals surface area (Å²) < 4.78 is 31.8. The van der Waals surface area contributed by atoms with Gasteiger partial charge in [0.15, 0.2) is 17.4 Å². The molecule has 0 atom stereocenters. The molecule has 1 aromatic carbocycles. The van der Waals surface area contributed by atoms with Crippen LogP contribution in [-0.4, -0.2) is 6.10 Å². The predicted molar refractivity (Wildman–Crippen MR) is 51.5 cm³/mol. The van der Waals surface area contributed by atoms with Crippen molar-refractivity contribution < 1.29 is 13.5 Å². The lowest BCUT2D eigenvalue weighted by Gasteiger charge is -2.13. The van der Waals surface area contributed by atoms with Crippen LogP contribution in [0.1, 0.15) is 26.3 Å². The van der Waals surface area contributed by atoms with Crippen molar-refractivity contribution in [2.24, 2.45) is 0 Å². The zero-order valence-electron chi connectivity index (χ0n) is 8.60. The summed E-state index contributed by atoms with van der Waals surface area (Å²) >= 11 is 0. The lowest BCUT2D eigenvalue weighted by molar-refractivity contribution is 0.219. The Bertz CT molecular complexity index is 321. The fourth-order valence-electron chi connectivity index (χ4n) is 1.19. The van der Waals surface area contributed by atoms with Gasteiger partial charge in [-0.1, -0.05) is 13.0 Å². The van der Waals surface area contributed by atoms with Crippen LogP contribution in [0.3, 0.4) is 0 Å². The molecule has 3 heteroatoms. The highest BCUT2D eigenvalue weighted by atomic mass is 19.1. The number of rotatable bonds is 3. The smallest absolute Gasteiger partial charge is 0.191 e. The van der Waals surface area contributed by atoms with Gasteiger partial charge < -0.3 is 4.74 Å². The van der Waals surface area contributed by atoms with Gasteiger partial charge in [0.25, 0.3) is 0 Å². The predicted octanol–water partition coefficient (Wildman–Crippen LogP) is 3.31. The monoisotopic (exact) mass is 200 g/mol. The molecule has 1 aromatic rings. The van der Waals surface area contributed by atoms with Gasteiger partial charge in [-0.15, -0.1) is 0 Å².